The summed E-state index contributed by atoms with van der Waals surface area (Å²) in [5.41, 5.74) is 2.04. The highest BCUT2D eigenvalue weighted by Gasteiger charge is 2.22. The van der Waals surface area contributed by atoms with Gasteiger partial charge in [0.1, 0.15) is 0 Å². The number of nitrogens with one attached hydrogen (secondary N) is 1. The Balaban J connectivity index is 2.51. The van der Waals surface area contributed by atoms with Gasteiger partial charge in [0, 0.05) is 4.88 Å². The number of hydrogen-bond acceptors (Lipinski definition) is 2. The van der Waals surface area contributed by atoms with Crippen molar-refractivity contribution in [1.29, 1.82) is 0 Å². The number of hydrogen-bond donors (Lipinski definition) is 1. The second-order valence-electron chi connectivity index (χ2n) is 4.23. The molecule has 0 bridgehead atoms. The minimum Gasteiger partial charge on any atom is -0.306 e. The average molecular weight is 335 g/mol. The fraction of sp³-hybridized carbons (Fsp3) is 0.286. The summed E-state index contributed by atoms with van der Waals surface area (Å²) >= 11 is 20.4. The predicted octanol–water partition coefficient (Wildman–Crippen LogP) is 5.72. The molecule has 1 atom stereocenters. The van der Waals surface area contributed by atoms with E-state index in [0.717, 1.165) is 27.6 Å². The second-order valence-corrected chi connectivity index (χ2v) is 6.31. The SMILES string of the molecule is CCNC(c1cccc(Cl)c1Cl)c1scc(C)c1Cl. The molecule has 0 saturated heterocycles. The molecule has 19 heavy (non-hydrogen) atoms. The molecule has 2 rings (SSSR count). The standard InChI is InChI=1S/C14H14Cl3NS/c1-3-18-13(14-11(16)8(2)7-19-14)9-5-4-6-10(15)12(9)17/h4-7,13,18H,3H2,1-2H3. The summed E-state index contributed by atoms with van der Waals surface area (Å²) in [4.78, 5) is 1.07. The Morgan fingerprint density at radius 3 is 2.53 bits per heavy atom. The van der Waals surface area contributed by atoms with Gasteiger partial charge >= 0.3 is 0 Å². The Morgan fingerprint density at radius 2 is 1.95 bits per heavy atom. The van der Waals surface area contributed by atoms with Gasteiger partial charge in [0.15, 0.2) is 0 Å². The van der Waals surface area contributed by atoms with Gasteiger partial charge in [0.2, 0.25) is 0 Å². The van der Waals surface area contributed by atoms with Gasteiger partial charge in [-0.25, -0.2) is 0 Å². The summed E-state index contributed by atoms with van der Waals surface area (Å²) in [7, 11) is 0. The van der Waals surface area contributed by atoms with Crippen LogP contribution in [0.2, 0.25) is 15.1 Å². The van der Waals surface area contributed by atoms with E-state index in [0.29, 0.717) is 10.0 Å². The Kier molecular flexibility index (Phi) is 5.15. The van der Waals surface area contributed by atoms with Crippen molar-refractivity contribution < 1.29 is 0 Å². The van der Waals surface area contributed by atoms with Gasteiger partial charge in [-0.2, -0.15) is 0 Å². The molecule has 2 aromatic rings. The fourth-order valence-corrected chi connectivity index (χ4v) is 3.75. The van der Waals surface area contributed by atoms with Crippen molar-refractivity contribution in [3.05, 3.63) is 54.7 Å². The molecule has 0 aliphatic rings. The van der Waals surface area contributed by atoms with Crippen LogP contribution in [0.15, 0.2) is 23.6 Å². The molecular formula is C14H14Cl3NS. The molecule has 0 saturated carbocycles. The van der Waals surface area contributed by atoms with Crippen LogP contribution in [0, 0.1) is 6.92 Å². The van der Waals surface area contributed by atoms with E-state index in [4.69, 9.17) is 34.8 Å². The van der Waals surface area contributed by atoms with Crippen molar-refractivity contribution in [1.82, 2.24) is 5.32 Å². The first-order valence-corrected chi connectivity index (χ1v) is 7.98. The Hall–Kier alpha value is -0.250. The van der Waals surface area contributed by atoms with E-state index >= 15 is 0 Å². The summed E-state index contributed by atoms with van der Waals surface area (Å²) in [5.74, 6) is 0. The number of rotatable bonds is 4. The zero-order valence-corrected chi connectivity index (χ0v) is 13.7. The molecule has 1 aromatic carbocycles. The number of aryl methyl sites for hydroxylation is 1. The third-order valence-electron chi connectivity index (χ3n) is 2.89. The third-order valence-corrected chi connectivity index (χ3v) is 5.50. The van der Waals surface area contributed by atoms with Gasteiger partial charge in [-0.15, -0.1) is 11.3 Å². The van der Waals surface area contributed by atoms with Crippen molar-refractivity contribution in [2.75, 3.05) is 6.54 Å². The Labute approximate surface area is 132 Å². The molecule has 1 N–H and O–H groups in total. The van der Waals surface area contributed by atoms with Gasteiger partial charge in [0.25, 0.3) is 0 Å². The first-order chi connectivity index (χ1) is 9.06. The Bertz CT molecular complexity index is 580. The second kappa shape index (κ2) is 6.47. The monoisotopic (exact) mass is 333 g/mol. The first-order valence-electron chi connectivity index (χ1n) is 5.97. The van der Waals surface area contributed by atoms with Gasteiger partial charge in [-0.1, -0.05) is 53.9 Å². The van der Waals surface area contributed by atoms with E-state index < -0.39 is 0 Å². The molecule has 0 fully saturated rings. The normalized spacial score (nSPS) is 12.7. The van der Waals surface area contributed by atoms with E-state index in [1.807, 2.05) is 19.1 Å². The average Bonchev–Trinajstić information content (AvgIpc) is 2.71. The lowest BCUT2D eigenvalue weighted by atomic mass is 10.0. The van der Waals surface area contributed by atoms with Crippen molar-refractivity contribution in [2.45, 2.75) is 19.9 Å². The van der Waals surface area contributed by atoms with E-state index in [1.165, 1.54) is 0 Å². The van der Waals surface area contributed by atoms with Crippen molar-refractivity contribution >= 4 is 46.1 Å². The molecule has 0 aliphatic heterocycles. The van der Waals surface area contributed by atoms with Crippen LogP contribution in [0.3, 0.4) is 0 Å². The van der Waals surface area contributed by atoms with Crippen molar-refractivity contribution in [3.63, 3.8) is 0 Å². The smallest absolute Gasteiger partial charge is 0.0701 e. The van der Waals surface area contributed by atoms with Gasteiger partial charge in [-0.3, -0.25) is 0 Å². The highest BCUT2D eigenvalue weighted by molar-refractivity contribution is 7.10. The van der Waals surface area contributed by atoms with Crippen molar-refractivity contribution in [3.8, 4) is 0 Å². The molecule has 1 aromatic heterocycles. The lowest BCUT2D eigenvalue weighted by molar-refractivity contribution is 0.640. The molecule has 0 spiro atoms. The number of benzene rings is 1. The molecule has 102 valence electrons. The van der Waals surface area contributed by atoms with Crippen LogP contribution in [-0.4, -0.2) is 6.54 Å². The summed E-state index contributed by atoms with van der Waals surface area (Å²) in [6, 6.07) is 5.65. The molecule has 1 unspecified atom stereocenters. The predicted molar refractivity (Wildman–Crippen MR) is 86.0 cm³/mol. The largest absolute Gasteiger partial charge is 0.306 e. The molecule has 0 amide bonds. The van der Waals surface area contributed by atoms with Crippen LogP contribution >= 0.6 is 46.1 Å². The van der Waals surface area contributed by atoms with Crippen LogP contribution < -0.4 is 5.32 Å². The summed E-state index contributed by atoms with van der Waals surface area (Å²) in [6.45, 7) is 4.88. The van der Waals surface area contributed by atoms with Crippen LogP contribution in [0.1, 0.15) is 29.0 Å². The topological polar surface area (TPSA) is 12.0 Å². The minimum absolute atomic E-state index is 0.0256. The van der Waals surface area contributed by atoms with Gasteiger partial charge in [-0.05, 0) is 36.0 Å². The molecule has 1 heterocycles. The van der Waals surface area contributed by atoms with Crippen molar-refractivity contribution in [2.24, 2.45) is 0 Å². The maximum atomic E-state index is 6.38. The minimum atomic E-state index is -0.0256. The summed E-state index contributed by atoms with van der Waals surface area (Å²) in [6.07, 6.45) is 0. The number of thiophene rings is 1. The highest BCUT2D eigenvalue weighted by Crippen LogP contribution is 2.39. The quantitative estimate of drug-likeness (QED) is 0.754. The zero-order chi connectivity index (χ0) is 14.0. The first kappa shape index (κ1) is 15.1. The van der Waals surface area contributed by atoms with Crippen LogP contribution in [-0.2, 0) is 0 Å². The fourth-order valence-electron chi connectivity index (χ4n) is 1.94. The van der Waals surface area contributed by atoms with E-state index in [9.17, 15) is 0 Å². The molecule has 1 nitrogen and oxygen atoms in total. The van der Waals surface area contributed by atoms with E-state index in [2.05, 4.69) is 17.6 Å². The van der Waals surface area contributed by atoms with Gasteiger partial charge in [0.05, 0.1) is 21.1 Å². The van der Waals surface area contributed by atoms with Crippen LogP contribution in [0.4, 0.5) is 0 Å². The molecule has 0 aliphatic carbocycles. The highest BCUT2D eigenvalue weighted by atomic mass is 35.5. The zero-order valence-electron chi connectivity index (χ0n) is 10.6. The Morgan fingerprint density at radius 1 is 1.21 bits per heavy atom. The van der Waals surface area contributed by atoms with Crippen LogP contribution in [0.5, 0.6) is 0 Å². The maximum Gasteiger partial charge on any atom is 0.0701 e. The summed E-state index contributed by atoms with van der Waals surface area (Å²) < 4.78 is 0. The van der Waals surface area contributed by atoms with Crippen LogP contribution in [0.25, 0.3) is 0 Å². The molecular weight excluding hydrogens is 321 g/mol. The third kappa shape index (κ3) is 3.09. The lowest BCUT2D eigenvalue weighted by Crippen LogP contribution is -2.21. The number of halogens is 3. The summed E-state index contributed by atoms with van der Waals surface area (Å²) in [5, 5.41) is 7.42. The van der Waals surface area contributed by atoms with Gasteiger partial charge < -0.3 is 5.32 Å². The molecule has 0 radical (unpaired) electrons. The lowest BCUT2D eigenvalue weighted by Gasteiger charge is -2.19. The molecule has 5 heteroatoms. The van der Waals surface area contributed by atoms with E-state index in [1.54, 1.807) is 17.4 Å². The van der Waals surface area contributed by atoms with E-state index in [-0.39, 0.29) is 6.04 Å². The maximum absolute atomic E-state index is 6.38.